The van der Waals surface area contributed by atoms with Gasteiger partial charge in [0.05, 0.1) is 5.56 Å². The summed E-state index contributed by atoms with van der Waals surface area (Å²) in [6.45, 7) is 0. The molecule has 0 spiro atoms. The van der Waals surface area contributed by atoms with E-state index in [-0.39, 0.29) is 0 Å². The van der Waals surface area contributed by atoms with Crippen LogP contribution in [-0.4, -0.2) is 16.2 Å². The van der Waals surface area contributed by atoms with E-state index in [4.69, 9.17) is 5.11 Å². The number of hydrogen-bond acceptors (Lipinski definition) is 3. The van der Waals surface area contributed by atoms with Crippen molar-refractivity contribution in [1.29, 1.82) is 0 Å². The van der Waals surface area contributed by atoms with Gasteiger partial charge in [-0.2, -0.15) is 0 Å². The molecule has 0 saturated heterocycles. The second kappa shape index (κ2) is 3.16. The number of rotatable bonds is 1. The normalized spacial score (nSPS) is 10.4. The molecule has 4 nitrogen and oxygen atoms in total. The van der Waals surface area contributed by atoms with E-state index in [9.17, 15) is 15.0 Å². The Kier molecular flexibility index (Phi) is 1.97. The van der Waals surface area contributed by atoms with Crippen LogP contribution in [-0.2, 0) is 0 Å². The molecule has 2 N–H and O–H groups in total. The number of aromatic hydroxyl groups is 1. The van der Waals surface area contributed by atoms with Gasteiger partial charge in [-0.25, -0.2) is 4.79 Å². The summed E-state index contributed by atoms with van der Waals surface area (Å²) in [4.78, 5) is 10.7. The average Bonchev–Trinajstić information content (AvgIpc) is 2.17. The molecule has 0 amide bonds. The third kappa shape index (κ3) is 1.36. The smallest absolute Gasteiger partial charge is 0.338 e. The Balaban J connectivity index is 2.90. The number of carboxylic acid groups (broad SMARTS) is 1. The van der Waals surface area contributed by atoms with E-state index in [0.717, 1.165) is 0 Å². The third-order valence-electron chi connectivity index (χ3n) is 2.19. The predicted octanol–water partition coefficient (Wildman–Crippen LogP) is 1.32. The van der Waals surface area contributed by atoms with Crippen LogP contribution in [0.4, 0.5) is 0 Å². The van der Waals surface area contributed by atoms with Crippen LogP contribution in [0.15, 0.2) is 30.3 Å². The molecule has 0 radical (unpaired) electrons. The predicted molar refractivity (Wildman–Crippen MR) is 52.0 cm³/mol. The van der Waals surface area contributed by atoms with Crippen molar-refractivity contribution in [3.05, 3.63) is 35.9 Å². The lowest BCUT2D eigenvalue weighted by Crippen LogP contribution is -2.04. The van der Waals surface area contributed by atoms with Crippen molar-refractivity contribution < 1.29 is 20.1 Å². The molecule has 0 atom stereocenters. The molecular formula is C11H7O4-. The summed E-state index contributed by atoms with van der Waals surface area (Å²) in [7, 11) is 0. The van der Waals surface area contributed by atoms with Crippen LogP contribution in [0, 0.1) is 0 Å². The maximum absolute atomic E-state index is 11.6. The van der Waals surface area contributed by atoms with Crippen molar-refractivity contribution in [1.82, 2.24) is 0 Å². The Bertz CT molecular complexity index is 546. The van der Waals surface area contributed by atoms with Crippen molar-refractivity contribution in [3.63, 3.8) is 0 Å². The molecule has 0 saturated carbocycles. The fraction of sp³-hybridized carbons (Fsp3) is 0. The van der Waals surface area contributed by atoms with E-state index in [2.05, 4.69) is 0 Å². The topological polar surface area (TPSA) is 80.6 Å². The Morgan fingerprint density at radius 3 is 2.60 bits per heavy atom. The lowest BCUT2D eigenvalue weighted by molar-refractivity contribution is -0.266. The molecule has 0 unspecified atom stereocenters. The van der Waals surface area contributed by atoms with Gasteiger partial charge in [0.2, 0.25) is 0 Å². The molecule has 0 aliphatic heterocycles. The fourth-order valence-electron chi connectivity index (χ4n) is 1.51. The summed E-state index contributed by atoms with van der Waals surface area (Å²) in [6, 6.07) is 7.81. The number of fused-ring (bicyclic) bond motifs is 1. The molecule has 2 aromatic carbocycles. The van der Waals surface area contributed by atoms with Gasteiger partial charge in [-0.3, -0.25) is 0 Å². The van der Waals surface area contributed by atoms with E-state index in [1.54, 1.807) is 18.2 Å². The number of carboxylic acids is 1. The molecule has 0 aliphatic rings. The second-order valence-electron chi connectivity index (χ2n) is 3.13. The lowest BCUT2D eigenvalue weighted by Gasteiger charge is -2.15. The summed E-state index contributed by atoms with van der Waals surface area (Å²) in [5.74, 6) is -2.56. The minimum atomic E-state index is -1.41. The highest BCUT2D eigenvalue weighted by atomic mass is 16.4. The Morgan fingerprint density at radius 1 is 1.27 bits per heavy atom. The molecule has 0 aliphatic carbocycles. The molecule has 4 heteroatoms. The summed E-state index contributed by atoms with van der Waals surface area (Å²) in [6.07, 6.45) is 0. The number of carbonyl (C=O) groups is 1. The standard InChI is InChI=1S/C11H8O4/c12-8-5-6-3-1-2-4-7(6)10(13)9(8)11(14)15/h1-5,12-13H,(H,14,15)/p-1. The van der Waals surface area contributed by atoms with Crippen LogP contribution in [0.25, 0.3) is 10.8 Å². The van der Waals surface area contributed by atoms with Gasteiger partial charge < -0.3 is 15.3 Å². The van der Waals surface area contributed by atoms with Gasteiger partial charge >= 0.3 is 5.97 Å². The zero-order valence-corrected chi connectivity index (χ0v) is 7.60. The van der Waals surface area contributed by atoms with Gasteiger partial charge in [0.1, 0.15) is 5.75 Å². The van der Waals surface area contributed by atoms with Crippen molar-refractivity contribution in [2.45, 2.75) is 0 Å². The van der Waals surface area contributed by atoms with Crippen LogP contribution in [0.2, 0.25) is 0 Å². The third-order valence-corrected chi connectivity index (χ3v) is 2.19. The Hall–Kier alpha value is -2.23. The van der Waals surface area contributed by atoms with E-state index in [0.29, 0.717) is 10.8 Å². The van der Waals surface area contributed by atoms with Gasteiger partial charge in [0.25, 0.3) is 0 Å². The summed E-state index contributed by atoms with van der Waals surface area (Å²) in [5, 5.41) is 30.6. The van der Waals surface area contributed by atoms with Gasteiger partial charge in [0.15, 0.2) is 0 Å². The average molecular weight is 203 g/mol. The van der Waals surface area contributed by atoms with E-state index < -0.39 is 23.0 Å². The summed E-state index contributed by atoms with van der Waals surface area (Å²) >= 11 is 0. The first-order valence-electron chi connectivity index (χ1n) is 4.26. The van der Waals surface area contributed by atoms with Crippen LogP contribution < -0.4 is 5.11 Å². The summed E-state index contributed by atoms with van der Waals surface area (Å²) < 4.78 is 0. The first-order valence-corrected chi connectivity index (χ1v) is 4.26. The number of benzene rings is 2. The molecule has 0 aromatic heterocycles. The highest BCUT2D eigenvalue weighted by Gasteiger charge is 2.12. The van der Waals surface area contributed by atoms with Gasteiger partial charge in [-0.05, 0) is 16.8 Å². The Labute approximate surface area is 85.0 Å². The monoisotopic (exact) mass is 203 g/mol. The first-order chi connectivity index (χ1) is 7.11. The van der Waals surface area contributed by atoms with E-state index >= 15 is 0 Å². The van der Waals surface area contributed by atoms with Crippen LogP contribution in [0.1, 0.15) is 10.4 Å². The quantitative estimate of drug-likeness (QED) is 0.732. The van der Waals surface area contributed by atoms with Gasteiger partial charge in [-0.1, -0.05) is 30.0 Å². The molecule has 0 heterocycles. The van der Waals surface area contributed by atoms with E-state index in [1.807, 2.05) is 0 Å². The largest absolute Gasteiger partial charge is 0.871 e. The van der Waals surface area contributed by atoms with Crippen molar-refractivity contribution in [3.8, 4) is 11.5 Å². The van der Waals surface area contributed by atoms with Crippen molar-refractivity contribution in [2.24, 2.45) is 0 Å². The van der Waals surface area contributed by atoms with Crippen LogP contribution in [0.5, 0.6) is 11.5 Å². The zero-order valence-electron chi connectivity index (χ0n) is 7.60. The molecule has 76 valence electrons. The molecule has 15 heavy (non-hydrogen) atoms. The van der Waals surface area contributed by atoms with Crippen molar-refractivity contribution >= 4 is 16.7 Å². The fourth-order valence-corrected chi connectivity index (χ4v) is 1.51. The molecule has 2 rings (SSSR count). The molecular weight excluding hydrogens is 196 g/mol. The highest BCUT2D eigenvalue weighted by Crippen LogP contribution is 2.33. The maximum atomic E-state index is 11.6. The van der Waals surface area contributed by atoms with E-state index in [1.165, 1.54) is 12.1 Å². The molecule has 0 fully saturated rings. The Morgan fingerprint density at radius 2 is 1.93 bits per heavy atom. The summed E-state index contributed by atoms with van der Waals surface area (Å²) in [5.41, 5.74) is -0.575. The van der Waals surface area contributed by atoms with Crippen LogP contribution >= 0.6 is 0 Å². The minimum Gasteiger partial charge on any atom is -0.871 e. The highest BCUT2D eigenvalue weighted by molar-refractivity contribution is 6.02. The number of phenols is 1. The first kappa shape index (κ1) is 9.33. The van der Waals surface area contributed by atoms with Crippen LogP contribution in [0.3, 0.4) is 0 Å². The lowest BCUT2D eigenvalue weighted by atomic mass is 10.0. The van der Waals surface area contributed by atoms with Gasteiger partial charge in [0, 0.05) is 0 Å². The maximum Gasteiger partial charge on any atom is 0.338 e. The van der Waals surface area contributed by atoms with Gasteiger partial charge in [-0.15, -0.1) is 0 Å². The molecule has 0 bridgehead atoms. The number of aromatic carboxylic acids is 1. The SMILES string of the molecule is O=C(O)c1c(O)cc2ccccc2c1[O-]. The second-order valence-corrected chi connectivity index (χ2v) is 3.13. The number of hydrogen-bond donors (Lipinski definition) is 2. The van der Waals surface area contributed by atoms with Crippen molar-refractivity contribution in [2.75, 3.05) is 0 Å². The zero-order chi connectivity index (χ0) is 11.0. The molecule has 2 aromatic rings. The minimum absolute atomic E-state index is 0.299.